The first kappa shape index (κ1) is 19.2. The molecule has 0 spiro atoms. The Hall–Kier alpha value is -2.11. The highest BCUT2D eigenvalue weighted by molar-refractivity contribution is 5.99. The van der Waals surface area contributed by atoms with Crippen molar-refractivity contribution in [2.24, 2.45) is 5.92 Å². The van der Waals surface area contributed by atoms with Crippen LogP contribution in [0.4, 0.5) is 9.18 Å². The largest absolute Gasteiger partial charge is 0.488 e. The van der Waals surface area contributed by atoms with E-state index in [4.69, 9.17) is 9.47 Å². The van der Waals surface area contributed by atoms with E-state index in [1.807, 2.05) is 0 Å². The number of ketones is 1. The molecule has 2 rings (SSSR count). The minimum absolute atomic E-state index is 0.107. The number of alkyl carbamates (subject to hydrolysis) is 1. The van der Waals surface area contributed by atoms with Crippen LogP contribution >= 0.6 is 0 Å². The highest BCUT2D eigenvalue weighted by Crippen LogP contribution is 2.35. The van der Waals surface area contributed by atoms with Gasteiger partial charge in [-0.1, -0.05) is 0 Å². The van der Waals surface area contributed by atoms with E-state index in [0.717, 1.165) is 12.8 Å². The Morgan fingerprint density at radius 1 is 1.32 bits per heavy atom. The quantitative estimate of drug-likeness (QED) is 0.751. The van der Waals surface area contributed by atoms with Crippen LogP contribution in [0.2, 0.25) is 0 Å². The lowest BCUT2D eigenvalue weighted by Gasteiger charge is -2.21. The molecule has 1 aliphatic rings. The lowest BCUT2D eigenvalue weighted by atomic mass is 10.0. The van der Waals surface area contributed by atoms with E-state index < -0.39 is 23.6 Å². The maximum Gasteiger partial charge on any atom is 0.407 e. The first-order chi connectivity index (χ1) is 11.6. The number of Topliss-reactive ketones (excluding diaryl/α,β-unsaturated/α-hetero) is 1. The van der Waals surface area contributed by atoms with Gasteiger partial charge in [-0.25, -0.2) is 9.18 Å². The Labute approximate surface area is 147 Å². The predicted molar refractivity (Wildman–Crippen MR) is 92.4 cm³/mol. The minimum Gasteiger partial charge on any atom is -0.488 e. The van der Waals surface area contributed by atoms with Gasteiger partial charge in [0.15, 0.2) is 5.78 Å². The number of carbonyl (C=O) groups is 2. The van der Waals surface area contributed by atoms with Gasteiger partial charge in [-0.2, -0.15) is 0 Å². The lowest BCUT2D eigenvalue weighted by molar-refractivity contribution is 0.0504. The van der Waals surface area contributed by atoms with Gasteiger partial charge in [0.05, 0.1) is 12.1 Å². The zero-order valence-electron chi connectivity index (χ0n) is 15.2. The molecule has 1 fully saturated rings. The molecular formula is C19H26FNO4. The standard InChI is InChI=1S/C19H26FNO4/c1-12(11-21-18(23)25-19(2,3)4)24-17-8-7-14(20)10-15(17)16(22)9-13-5-6-13/h7-8,10,12-13H,5-6,9,11H2,1-4H3,(H,21,23)/t12-/m0/s1. The number of hydrogen-bond donors (Lipinski definition) is 1. The Balaban J connectivity index is 1.94. The van der Waals surface area contributed by atoms with Crippen LogP contribution in [-0.4, -0.2) is 30.1 Å². The first-order valence-electron chi connectivity index (χ1n) is 8.60. The highest BCUT2D eigenvalue weighted by Gasteiger charge is 2.27. The normalized spacial score (nSPS) is 15.4. The maximum absolute atomic E-state index is 13.5. The van der Waals surface area contributed by atoms with Crippen LogP contribution in [0.1, 0.15) is 57.3 Å². The van der Waals surface area contributed by atoms with E-state index >= 15 is 0 Å². The summed E-state index contributed by atoms with van der Waals surface area (Å²) in [6.07, 6.45) is 1.59. The summed E-state index contributed by atoms with van der Waals surface area (Å²) in [5.74, 6) is 0.177. The monoisotopic (exact) mass is 351 g/mol. The molecule has 0 heterocycles. The summed E-state index contributed by atoms with van der Waals surface area (Å²) in [7, 11) is 0. The molecule has 0 saturated heterocycles. The average molecular weight is 351 g/mol. The second-order valence-electron chi connectivity index (χ2n) is 7.52. The summed E-state index contributed by atoms with van der Waals surface area (Å²) in [4.78, 5) is 24.0. The topological polar surface area (TPSA) is 64.6 Å². The van der Waals surface area contributed by atoms with Crippen molar-refractivity contribution in [2.45, 2.75) is 58.7 Å². The number of ether oxygens (including phenoxy) is 2. The molecule has 1 aliphatic carbocycles. The van der Waals surface area contributed by atoms with Gasteiger partial charge in [0.2, 0.25) is 0 Å². The molecule has 0 radical (unpaired) electrons. The van der Waals surface area contributed by atoms with Gasteiger partial charge in [0, 0.05) is 6.42 Å². The van der Waals surface area contributed by atoms with Crippen LogP contribution in [-0.2, 0) is 4.74 Å². The van der Waals surface area contributed by atoms with Crippen molar-refractivity contribution in [3.63, 3.8) is 0 Å². The number of amides is 1. The summed E-state index contributed by atoms with van der Waals surface area (Å²) in [6, 6.07) is 3.94. The molecule has 1 aromatic rings. The molecule has 0 aromatic heterocycles. The van der Waals surface area contributed by atoms with E-state index in [2.05, 4.69) is 5.32 Å². The van der Waals surface area contributed by atoms with Crippen LogP contribution < -0.4 is 10.1 Å². The zero-order chi connectivity index (χ0) is 18.6. The summed E-state index contributed by atoms with van der Waals surface area (Å²) in [5.41, 5.74) is -0.316. The summed E-state index contributed by atoms with van der Waals surface area (Å²) >= 11 is 0. The number of rotatable bonds is 7. The van der Waals surface area contributed by atoms with E-state index in [0.29, 0.717) is 18.1 Å². The SMILES string of the molecule is C[C@@H](CNC(=O)OC(C)(C)C)Oc1ccc(F)cc1C(=O)CC1CC1. The molecule has 25 heavy (non-hydrogen) atoms. The maximum atomic E-state index is 13.5. The number of halogens is 1. The fourth-order valence-electron chi connectivity index (χ4n) is 2.32. The Kier molecular flexibility index (Phi) is 6.03. The van der Waals surface area contributed by atoms with Gasteiger partial charge < -0.3 is 14.8 Å². The fourth-order valence-corrected chi connectivity index (χ4v) is 2.32. The molecule has 1 aromatic carbocycles. The van der Waals surface area contributed by atoms with Gasteiger partial charge in [-0.3, -0.25) is 4.79 Å². The molecule has 5 nitrogen and oxygen atoms in total. The van der Waals surface area contributed by atoms with Gasteiger partial charge >= 0.3 is 6.09 Å². The fraction of sp³-hybridized carbons (Fsp3) is 0.579. The van der Waals surface area contributed by atoms with Crippen molar-refractivity contribution >= 4 is 11.9 Å². The van der Waals surface area contributed by atoms with E-state index in [9.17, 15) is 14.0 Å². The molecule has 1 N–H and O–H groups in total. The van der Waals surface area contributed by atoms with Crippen molar-refractivity contribution in [1.82, 2.24) is 5.32 Å². The third kappa shape index (κ3) is 6.72. The molecule has 1 atom stereocenters. The molecule has 0 aliphatic heterocycles. The second kappa shape index (κ2) is 7.85. The molecule has 1 saturated carbocycles. The Bertz CT molecular complexity index is 635. The van der Waals surface area contributed by atoms with Crippen molar-refractivity contribution in [2.75, 3.05) is 6.54 Å². The predicted octanol–water partition coefficient (Wildman–Crippen LogP) is 4.10. The van der Waals surface area contributed by atoms with E-state index in [-0.39, 0.29) is 17.9 Å². The summed E-state index contributed by atoms with van der Waals surface area (Å²) in [5, 5.41) is 2.62. The average Bonchev–Trinajstić information content (AvgIpc) is 3.29. The highest BCUT2D eigenvalue weighted by atomic mass is 19.1. The van der Waals surface area contributed by atoms with Crippen molar-refractivity contribution in [3.8, 4) is 5.75 Å². The Morgan fingerprint density at radius 3 is 2.60 bits per heavy atom. The molecule has 138 valence electrons. The third-order valence-electron chi connectivity index (χ3n) is 3.67. The Morgan fingerprint density at radius 2 is 2.00 bits per heavy atom. The smallest absolute Gasteiger partial charge is 0.407 e. The molecule has 1 amide bonds. The van der Waals surface area contributed by atoms with Crippen LogP contribution in [0.3, 0.4) is 0 Å². The second-order valence-corrected chi connectivity index (χ2v) is 7.52. The molecule has 0 unspecified atom stereocenters. The van der Waals surface area contributed by atoms with Gasteiger partial charge in [-0.05, 0) is 64.7 Å². The zero-order valence-corrected chi connectivity index (χ0v) is 15.2. The number of benzene rings is 1. The number of carbonyl (C=O) groups excluding carboxylic acids is 2. The van der Waals surface area contributed by atoms with Crippen LogP contribution in [0.5, 0.6) is 5.75 Å². The van der Waals surface area contributed by atoms with Gasteiger partial charge in [0.25, 0.3) is 0 Å². The van der Waals surface area contributed by atoms with E-state index in [1.165, 1.54) is 18.2 Å². The van der Waals surface area contributed by atoms with Crippen LogP contribution in [0, 0.1) is 11.7 Å². The van der Waals surface area contributed by atoms with Crippen LogP contribution in [0.15, 0.2) is 18.2 Å². The van der Waals surface area contributed by atoms with Crippen molar-refractivity contribution in [1.29, 1.82) is 0 Å². The van der Waals surface area contributed by atoms with Gasteiger partial charge in [-0.15, -0.1) is 0 Å². The number of nitrogens with one attached hydrogen (secondary N) is 1. The lowest BCUT2D eigenvalue weighted by Crippen LogP contribution is -2.37. The van der Waals surface area contributed by atoms with Crippen molar-refractivity contribution in [3.05, 3.63) is 29.6 Å². The number of hydrogen-bond acceptors (Lipinski definition) is 4. The van der Waals surface area contributed by atoms with E-state index in [1.54, 1.807) is 27.7 Å². The molecular weight excluding hydrogens is 325 g/mol. The minimum atomic E-state index is -0.576. The molecule has 0 bridgehead atoms. The summed E-state index contributed by atoms with van der Waals surface area (Å²) in [6.45, 7) is 7.31. The van der Waals surface area contributed by atoms with Gasteiger partial charge in [0.1, 0.15) is 23.3 Å². The van der Waals surface area contributed by atoms with Crippen LogP contribution in [0.25, 0.3) is 0 Å². The molecule has 6 heteroatoms. The summed E-state index contributed by atoms with van der Waals surface area (Å²) < 4.78 is 24.4. The third-order valence-corrected chi connectivity index (χ3v) is 3.67. The first-order valence-corrected chi connectivity index (χ1v) is 8.60. The van der Waals surface area contributed by atoms with Crippen molar-refractivity contribution < 1.29 is 23.5 Å².